The molecule has 66 valence electrons. The molecule has 0 saturated carbocycles. The lowest BCUT2D eigenvalue weighted by atomic mass is 10.3. The van der Waals surface area contributed by atoms with Gasteiger partial charge >= 0.3 is 5.97 Å². The molecular weight excluding hydrogens is 164 g/mol. The van der Waals surface area contributed by atoms with Crippen LogP contribution in [-0.2, 0) is 15.6 Å². The zero-order valence-corrected chi connectivity index (χ0v) is 7.85. The molecule has 11 heavy (non-hydrogen) atoms. The fraction of sp³-hybridized carbons (Fsp3) is 0.857. The van der Waals surface area contributed by atoms with Crippen LogP contribution < -0.4 is 0 Å². The first-order valence-corrected chi connectivity index (χ1v) is 4.90. The van der Waals surface area contributed by atoms with Crippen LogP contribution in [0.4, 0.5) is 0 Å². The maximum absolute atomic E-state index is 11.2. The molecule has 4 heteroatoms. The highest BCUT2D eigenvalue weighted by Crippen LogP contribution is 2.07. The largest absolute Gasteiger partial charge is 0.480 e. The molecule has 1 N–H and O–H groups in total. The van der Waals surface area contributed by atoms with Gasteiger partial charge in [0.1, 0.15) is 5.25 Å². The van der Waals surface area contributed by atoms with Gasteiger partial charge in [0.25, 0.3) is 0 Å². The van der Waals surface area contributed by atoms with Crippen molar-refractivity contribution in [1.29, 1.82) is 0 Å². The molecule has 0 spiro atoms. The molecule has 2 atom stereocenters. The van der Waals surface area contributed by atoms with E-state index in [0.29, 0.717) is 6.42 Å². The second-order valence-corrected chi connectivity index (χ2v) is 4.78. The summed E-state index contributed by atoms with van der Waals surface area (Å²) in [6.45, 7) is 5.27. The monoisotopic (exact) mass is 178 g/mol. The topological polar surface area (TPSA) is 54.4 Å². The lowest BCUT2D eigenvalue weighted by Gasteiger charge is -2.11. The molecule has 0 radical (unpaired) electrons. The molecule has 0 rings (SSSR count). The summed E-state index contributed by atoms with van der Waals surface area (Å²) in [5.74, 6) is -0.959. The zero-order valence-electron chi connectivity index (χ0n) is 7.03. The molecule has 0 aliphatic carbocycles. The fourth-order valence-corrected chi connectivity index (χ4v) is 1.95. The van der Waals surface area contributed by atoms with Gasteiger partial charge in [0.05, 0.1) is 0 Å². The molecular formula is C7H14O3S. The number of carbonyl (C=O) groups is 1. The van der Waals surface area contributed by atoms with Crippen LogP contribution in [0.5, 0.6) is 0 Å². The van der Waals surface area contributed by atoms with Crippen molar-refractivity contribution in [3.63, 3.8) is 0 Å². The summed E-state index contributed by atoms with van der Waals surface area (Å²) in [5.41, 5.74) is 0. The summed E-state index contributed by atoms with van der Waals surface area (Å²) in [6, 6.07) is 0. The van der Waals surface area contributed by atoms with Crippen LogP contribution in [0.25, 0.3) is 0 Å². The average molecular weight is 178 g/mol. The van der Waals surface area contributed by atoms with Crippen LogP contribution in [0.15, 0.2) is 0 Å². The SMILES string of the molecule is CCC(C(=O)O)S(=O)C(C)C. The molecule has 0 aromatic heterocycles. The fourth-order valence-electron chi connectivity index (χ4n) is 0.767. The normalized spacial score (nSPS) is 16.4. The van der Waals surface area contributed by atoms with E-state index in [2.05, 4.69) is 0 Å². The Balaban J connectivity index is 4.27. The average Bonchev–Trinajstić information content (AvgIpc) is 1.88. The van der Waals surface area contributed by atoms with Crippen molar-refractivity contribution >= 4 is 16.8 Å². The van der Waals surface area contributed by atoms with Gasteiger partial charge in [-0.2, -0.15) is 0 Å². The van der Waals surface area contributed by atoms with E-state index in [4.69, 9.17) is 5.11 Å². The van der Waals surface area contributed by atoms with Crippen molar-refractivity contribution in [2.45, 2.75) is 37.7 Å². The summed E-state index contributed by atoms with van der Waals surface area (Å²) >= 11 is 0. The summed E-state index contributed by atoms with van der Waals surface area (Å²) < 4.78 is 11.2. The Morgan fingerprint density at radius 3 is 2.09 bits per heavy atom. The Bertz CT molecular complexity index is 165. The van der Waals surface area contributed by atoms with Gasteiger partial charge < -0.3 is 5.11 Å². The molecule has 0 fully saturated rings. The van der Waals surface area contributed by atoms with Gasteiger partial charge in [0, 0.05) is 16.0 Å². The van der Waals surface area contributed by atoms with E-state index in [1.807, 2.05) is 0 Å². The first kappa shape index (κ1) is 10.6. The van der Waals surface area contributed by atoms with E-state index < -0.39 is 22.0 Å². The predicted molar refractivity (Wildman–Crippen MR) is 45.0 cm³/mol. The van der Waals surface area contributed by atoms with E-state index in [-0.39, 0.29) is 5.25 Å². The Morgan fingerprint density at radius 2 is 2.00 bits per heavy atom. The minimum absolute atomic E-state index is 0.0731. The zero-order chi connectivity index (χ0) is 9.02. The number of carboxylic acid groups (broad SMARTS) is 1. The van der Waals surface area contributed by atoms with Crippen LogP contribution in [0.3, 0.4) is 0 Å². The summed E-state index contributed by atoms with van der Waals surface area (Å²) in [4.78, 5) is 10.5. The van der Waals surface area contributed by atoms with Crippen LogP contribution in [0.2, 0.25) is 0 Å². The van der Waals surface area contributed by atoms with E-state index in [1.54, 1.807) is 20.8 Å². The van der Waals surface area contributed by atoms with Crippen LogP contribution >= 0.6 is 0 Å². The van der Waals surface area contributed by atoms with E-state index in [9.17, 15) is 9.00 Å². The number of hydrogen-bond donors (Lipinski definition) is 1. The molecule has 0 aromatic carbocycles. The first-order chi connectivity index (χ1) is 5.00. The summed E-state index contributed by atoms with van der Waals surface area (Å²) in [7, 11) is -1.24. The standard InChI is InChI=1S/C7H14O3S/c1-4-6(7(8)9)11(10)5(2)3/h5-6H,4H2,1-3H3,(H,8,9). The Labute approximate surface area is 69.3 Å². The van der Waals surface area contributed by atoms with Crippen molar-refractivity contribution in [2.24, 2.45) is 0 Å². The molecule has 0 aliphatic heterocycles. The van der Waals surface area contributed by atoms with Gasteiger partial charge in [-0.1, -0.05) is 20.8 Å². The molecule has 2 unspecified atom stereocenters. The molecule has 0 saturated heterocycles. The number of rotatable bonds is 4. The van der Waals surface area contributed by atoms with Gasteiger partial charge in [0.15, 0.2) is 0 Å². The highest BCUT2D eigenvalue weighted by atomic mass is 32.2. The molecule has 3 nitrogen and oxygen atoms in total. The molecule has 0 bridgehead atoms. The third-order valence-corrected chi connectivity index (χ3v) is 3.42. The maximum Gasteiger partial charge on any atom is 0.319 e. The minimum atomic E-state index is -1.24. The lowest BCUT2D eigenvalue weighted by Crippen LogP contribution is -2.29. The third kappa shape index (κ3) is 3.01. The molecule has 0 aromatic rings. The quantitative estimate of drug-likeness (QED) is 0.699. The Kier molecular flexibility index (Phi) is 4.33. The predicted octanol–water partition coefficient (Wildman–Crippen LogP) is 1.01. The summed E-state index contributed by atoms with van der Waals surface area (Å²) in [5, 5.41) is 7.83. The van der Waals surface area contributed by atoms with Crippen molar-refractivity contribution in [3.05, 3.63) is 0 Å². The van der Waals surface area contributed by atoms with Crippen molar-refractivity contribution in [1.82, 2.24) is 0 Å². The van der Waals surface area contributed by atoms with Gasteiger partial charge in [-0.25, -0.2) is 0 Å². The molecule has 0 heterocycles. The second kappa shape index (κ2) is 4.49. The Hall–Kier alpha value is -0.380. The molecule has 0 amide bonds. The van der Waals surface area contributed by atoms with Crippen LogP contribution in [0.1, 0.15) is 27.2 Å². The van der Waals surface area contributed by atoms with E-state index >= 15 is 0 Å². The summed E-state index contributed by atoms with van der Waals surface area (Å²) in [6.07, 6.45) is 0.431. The molecule has 0 aliphatic rings. The highest BCUT2D eigenvalue weighted by Gasteiger charge is 2.24. The number of carboxylic acids is 1. The van der Waals surface area contributed by atoms with Gasteiger partial charge in [-0.15, -0.1) is 0 Å². The number of aliphatic carboxylic acids is 1. The van der Waals surface area contributed by atoms with E-state index in [1.165, 1.54) is 0 Å². The van der Waals surface area contributed by atoms with Gasteiger partial charge in [0.2, 0.25) is 0 Å². The highest BCUT2D eigenvalue weighted by molar-refractivity contribution is 7.87. The number of hydrogen-bond acceptors (Lipinski definition) is 2. The lowest BCUT2D eigenvalue weighted by molar-refractivity contribution is -0.136. The first-order valence-electron chi connectivity index (χ1n) is 3.62. The van der Waals surface area contributed by atoms with Crippen LogP contribution in [0, 0.1) is 0 Å². The van der Waals surface area contributed by atoms with Crippen molar-refractivity contribution in [2.75, 3.05) is 0 Å². The minimum Gasteiger partial charge on any atom is -0.480 e. The van der Waals surface area contributed by atoms with E-state index in [0.717, 1.165) is 0 Å². The van der Waals surface area contributed by atoms with Crippen molar-refractivity contribution < 1.29 is 14.1 Å². The Morgan fingerprint density at radius 1 is 1.55 bits per heavy atom. The van der Waals surface area contributed by atoms with Crippen molar-refractivity contribution in [3.8, 4) is 0 Å². The maximum atomic E-state index is 11.2. The second-order valence-electron chi connectivity index (χ2n) is 2.61. The van der Waals surface area contributed by atoms with Gasteiger partial charge in [-0.3, -0.25) is 9.00 Å². The smallest absolute Gasteiger partial charge is 0.319 e. The van der Waals surface area contributed by atoms with Crippen LogP contribution in [-0.4, -0.2) is 25.8 Å². The third-order valence-electron chi connectivity index (χ3n) is 1.39. The van der Waals surface area contributed by atoms with Gasteiger partial charge in [-0.05, 0) is 6.42 Å².